The van der Waals surface area contributed by atoms with Crippen molar-refractivity contribution < 1.29 is 4.79 Å². The largest absolute Gasteiger partial charge is 0.374 e. The second-order valence-corrected chi connectivity index (χ2v) is 7.31. The van der Waals surface area contributed by atoms with Crippen LogP contribution >= 0.6 is 0 Å². The SMILES string of the molecule is CN1CCc2cc(C3C(N)CC(=O)N3C(C)(C)C)ccc21. The Morgan fingerprint density at radius 1 is 1.29 bits per heavy atom. The predicted octanol–water partition coefficient (Wildman–Crippen LogP) is 2.08. The molecule has 3 rings (SSSR count). The van der Waals surface area contributed by atoms with Gasteiger partial charge < -0.3 is 15.5 Å². The van der Waals surface area contributed by atoms with Crippen LogP contribution < -0.4 is 10.6 Å². The number of likely N-dealkylation sites (tertiary alicyclic amines) is 1. The van der Waals surface area contributed by atoms with Crippen LogP contribution in [0.15, 0.2) is 18.2 Å². The molecule has 2 aliphatic rings. The fraction of sp³-hybridized carbons (Fsp3) is 0.588. The summed E-state index contributed by atoms with van der Waals surface area (Å²) < 4.78 is 0. The highest BCUT2D eigenvalue weighted by Gasteiger charge is 2.44. The second kappa shape index (κ2) is 4.73. The van der Waals surface area contributed by atoms with E-state index in [2.05, 4.69) is 50.9 Å². The molecule has 0 spiro atoms. The number of nitrogens with zero attached hydrogens (tertiary/aromatic N) is 2. The molecular weight excluding hydrogens is 262 g/mol. The first kappa shape index (κ1) is 14.4. The molecule has 2 atom stereocenters. The van der Waals surface area contributed by atoms with Gasteiger partial charge in [-0.1, -0.05) is 12.1 Å². The number of nitrogens with two attached hydrogens (primary N) is 1. The first-order chi connectivity index (χ1) is 9.79. The average Bonchev–Trinajstić information content (AvgIpc) is 2.89. The van der Waals surface area contributed by atoms with Gasteiger partial charge in [0.05, 0.1) is 6.04 Å². The Bertz CT molecular complexity index is 576. The normalized spacial score (nSPS) is 25.7. The third-order valence-corrected chi connectivity index (χ3v) is 4.66. The number of benzene rings is 1. The fourth-order valence-corrected chi connectivity index (χ4v) is 3.72. The average molecular weight is 287 g/mol. The van der Waals surface area contributed by atoms with Crippen LogP contribution in [0.2, 0.25) is 0 Å². The zero-order valence-corrected chi connectivity index (χ0v) is 13.4. The Hall–Kier alpha value is -1.55. The third kappa shape index (κ3) is 2.31. The highest BCUT2D eigenvalue weighted by molar-refractivity contribution is 5.81. The molecule has 0 bridgehead atoms. The molecule has 0 aromatic heterocycles. The summed E-state index contributed by atoms with van der Waals surface area (Å²) in [4.78, 5) is 16.6. The first-order valence-corrected chi connectivity index (χ1v) is 7.71. The van der Waals surface area contributed by atoms with E-state index in [0.717, 1.165) is 13.0 Å². The molecule has 1 aromatic rings. The standard InChI is InChI=1S/C17H25N3O/c1-17(2,3)20-15(21)10-13(18)16(20)12-5-6-14-11(9-12)7-8-19(14)4/h5-6,9,13,16H,7-8,10,18H2,1-4H3. The lowest BCUT2D eigenvalue weighted by atomic mass is 9.95. The van der Waals surface area contributed by atoms with Gasteiger partial charge >= 0.3 is 0 Å². The summed E-state index contributed by atoms with van der Waals surface area (Å²) in [5, 5.41) is 0. The van der Waals surface area contributed by atoms with Crippen molar-refractivity contribution in [2.75, 3.05) is 18.5 Å². The van der Waals surface area contributed by atoms with Crippen LogP contribution in [-0.4, -0.2) is 36.0 Å². The lowest BCUT2D eigenvalue weighted by Gasteiger charge is -2.38. The molecule has 0 saturated carbocycles. The van der Waals surface area contributed by atoms with Gasteiger partial charge in [-0.3, -0.25) is 4.79 Å². The lowest BCUT2D eigenvalue weighted by molar-refractivity contribution is -0.133. The van der Waals surface area contributed by atoms with Crippen molar-refractivity contribution in [3.63, 3.8) is 0 Å². The van der Waals surface area contributed by atoms with Crippen molar-refractivity contribution in [3.8, 4) is 0 Å². The van der Waals surface area contributed by atoms with Crippen LogP contribution in [0, 0.1) is 0 Å². The molecule has 2 unspecified atom stereocenters. The zero-order chi connectivity index (χ0) is 15.4. The molecule has 4 nitrogen and oxygen atoms in total. The monoisotopic (exact) mass is 287 g/mol. The van der Waals surface area contributed by atoms with Gasteiger partial charge in [0.2, 0.25) is 5.91 Å². The lowest BCUT2D eigenvalue weighted by Crippen LogP contribution is -2.45. The summed E-state index contributed by atoms with van der Waals surface area (Å²) in [7, 11) is 2.12. The molecule has 0 radical (unpaired) electrons. The van der Waals surface area contributed by atoms with E-state index in [4.69, 9.17) is 5.73 Å². The van der Waals surface area contributed by atoms with Gasteiger partial charge in [0.15, 0.2) is 0 Å². The molecule has 2 aliphatic heterocycles. The van der Waals surface area contributed by atoms with E-state index >= 15 is 0 Å². The van der Waals surface area contributed by atoms with E-state index in [9.17, 15) is 4.79 Å². The zero-order valence-electron chi connectivity index (χ0n) is 13.4. The molecule has 2 N–H and O–H groups in total. The van der Waals surface area contributed by atoms with Crippen LogP contribution in [0.25, 0.3) is 0 Å². The van der Waals surface area contributed by atoms with Crippen molar-refractivity contribution in [1.29, 1.82) is 0 Å². The van der Waals surface area contributed by atoms with Crippen molar-refractivity contribution in [1.82, 2.24) is 4.90 Å². The van der Waals surface area contributed by atoms with Gasteiger partial charge in [-0.2, -0.15) is 0 Å². The second-order valence-electron chi connectivity index (χ2n) is 7.31. The molecule has 21 heavy (non-hydrogen) atoms. The minimum atomic E-state index is -0.203. The van der Waals surface area contributed by atoms with E-state index in [1.807, 2.05) is 4.90 Å². The Labute approximate surface area is 126 Å². The number of carbonyl (C=O) groups is 1. The molecular formula is C17H25N3O. The number of anilines is 1. The maximum absolute atomic E-state index is 12.3. The van der Waals surface area contributed by atoms with Crippen LogP contribution in [-0.2, 0) is 11.2 Å². The topological polar surface area (TPSA) is 49.6 Å². The minimum absolute atomic E-state index is 0.00583. The highest BCUT2D eigenvalue weighted by atomic mass is 16.2. The number of hydrogen-bond donors (Lipinski definition) is 1. The Morgan fingerprint density at radius 3 is 2.67 bits per heavy atom. The quantitative estimate of drug-likeness (QED) is 0.860. The van der Waals surface area contributed by atoms with Crippen molar-refractivity contribution in [2.45, 2.75) is 51.2 Å². The van der Waals surface area contributed by atoms with E-state index in [0.29, 0.717) is 6.42 Å². The molecule has 1 fully saturated rings. The van der Waals surface area contributed by atoms with Gasteiger partial charge in [0.1, 0.15) is 0 Å². The molecule has 1 aromatic carbocycles. The highest BCUT2D eigenvalue weighted by Crippen LogP contribution is 2.39. The van der Waals surface area contributed by atoms with E-state index in [-0.39, 0.29) is 23.5 Å². The smallest absolute Gasteiger partial charge is 0.225 e. The van der Waals surface area contributed by atoms with Crippen molar-refractivity contribution in [3.05, 3.63) is 29.3 Å². The molecule has 4 heteroatoms. The maximum Gasteiger partial charge on any atom is 0.225 e. The Morgan fingerprint density at radius 2 is 2.00 bits per heavy atom. The summed E-state index contributed by atoms with van der Waals surface area (Å²) in [6, 6.07) is 6.44. The van der Waals surface area contributed by atoms with Gasteiger partial charge in [-0.25, -0.2) is 0 Å². The number of amides is 1. The Kier molecular flexibility index (Phi) is 3.24. The van der Waals surface area contributed by atoms with Crippen LogP contribution in [0.5, 0.6) is 0 Å². The summed E-state index contributed by atoms with van der Waals surface area (Å²) in [5.74, 6) is 0.164. The minimum Gasteiger partial charge on any atom is -0.374 e. The van der Waals surface area contributed by atoms with Gasteiger partial charge in [0.25, 0.3) is 0 Å². The summed E-state index contributed by atoms with van der Waals surface area (Å²) in [6.07, 6.45) is 1.52. The predicted molar refractivity (Wildman–Crippen MR) is 85.3 cm³/mol. The molecule has 0 aliphatic carbocycles. The molecule has 1 amide bonds. The van der Waals surface area contributed by atoms with Crippen LogP contribution in [0.4, 0.5) is 5.69 Å². The van der Waals surface area contributed by atoms with E-state index < -0.39 is 0 Å². The summed E-state index contributed by atoms with van der Waals surface area (Å²) >= 11 is 0. The fourth-order valence-electron chi connectivity index (χ4n) is 3.72. The number of carbonyl (C=O) groups excluding carboxylic acids is 1. The van der Waals surface area contributed by atoms with Crippen LogP contribution in [0.1, 0.15) is 44.4 Å². The number of rotatable bonds is 1. The van der Waals surface area contributed by atoms with E-state index in [1.54, 1.807) is 0 Å². The molecule has 114 valence electrons. The van der Waals surface area contributed by atoms with Crippen molar-refractivity contribution in [2.24, 2.45) is 5.73 Å². The van der Waals surface area contributed by atoms with Gasteiger partial charge in [-0.05, 0) is 44.4 Å². The number of fused-ring (bicyclic) bond motifs is 1. The van der Waals surface area contributed by atoms with Gasteiger partial charge in [-0.15, -0.1) is 0 Å². The third-order valence-electron chi connectivity index (χ3n) is 4.66. The maximum atomic E-state index is 12.3. The Balaban J connectivity index is 2.00. The molecule has 2 heterocycles. The number of hydrogen-bond acceptors (Lipinski definition) is 3. The molecule has 1 saturated heterocycles. The van der Waals surface area contributed by atoms with E-state index in [1.165, 1.54) is 16.8 Å². The summed E-state index contributed by atoms with van der Waals surface area (Å²) in [5.41, 5.74) is 9.94. The number of likely N-dealkylation sites (N-methyl/N-ethyl adjacent to an activating group) is 1. The van der Waals surface area contributed by atoms with Crippen LogP contribution in [0.3, 0.4) is 0 Å². The van der Waals surface area contributed by atoms with Crippen molar-refractivity contribution >= 4 is 11.6 Å². The summed E-state index contributed by atoms with van der Waals surface area (Å²) in [6.45, 7) is 7.31. The first-order valence-electron chi connectivity index (χ1n) is 7.71. The van der Waals surface area contributed by atoms with Gasteiger partial charge in [0, 0.05) is 37.3 Å².